The van der Waals surface area contributed by atoms with Crippen LogP contribution in [0, 0.1) is 0 Å². The molecule has 1 heterocycles. The van der Waals surface area contributed by atoms with E-state index >= 15 is 0 Å². The summed E-state index contributed by atoms with van der Waals surface area (Å²) in [6.07, 6.45) is 1.72. The number of esters is 1. The molecule has 4 heteroatoms. The molecule has 0 unspecified atom stereocenters. The van der Waals surface area contributed by atoms with Crippen LogP contribution in [0.4, 0.5) is 0 Å². The molecule has 0 bridgehead atoms. The Kier molecular flexibility index (Phi) is 3.20. The summed E-state index contributed by atoms with van der Waals surface area (Å²) in [5.74, 6) is 1.56. The first kappa shape index (κ1) is 12.7. The van der Waals surface area contributed by atoms with Gasteiger partial charge in [-0.05, 0) is 26.7 Å². The van der Waals surface area contributed by atoms with Gasteiger partial charge in [0.05, 0.1) is 7.11 Å². The van der Waals surface area contributed by atoms with Gasteiger partial charge in [0.25, 0.3) is 0 Å². The fraction of sp³-hybridized carbons (Fsp3) is 0.500. The molecule has 0 saturated carbocycles. The number of fused-ring (bicyclic) bond motifs is 1. The summed E-state index contributed by atoms with van der Waals surface area (Å²) in [5.41, 5.74) is 0.734. The number of ether oxygens (including phenoxy) is 3. The van der Waals surface area contributed by atoms with Crippen molar-refractivity contribution in [1.29, 1.82) is 0 Å². The van der Waals surface area contributed by atoms with Gasteiger partial charge in [0.2, 0.25) is 0 Å². The van der Waals surface area contributed by atoms with E-state index in [4.69, 9.17) is 14.2 Å². The first-order valence-corrected chi connectivity index (χ1v) is 5.99. The van der Waals surface area contributed by atoms with Crippen molar-refractivity contribution in [3.63, 3.8) is 0 Å². The third-order valence-electron chi connectivity index (χ3n) is 2.99. The maximum Gasteiger partial charge on any atom is 0.308 e. The summed E-state index contributed by atoms with van der Waals surface area (Å²) < 4.78 is 16.3. The Hall–Kier alpha value is -1.71. The number of carbonyl (C=O) groups is 1. The third-order valence-corrected chi connectivity index (χ3v) is 2.99. The molecule has 1 aliphatic rings. The maximum absolute atomic E-state index is 11.1. The van der Waals surface area contributed by atoms with Crippen molar-refractivity contribution in [2.45, 2.75) is 39.2 Å². The topological polar surface area (TPSA) is 44.8 Å². The van der Waals surface area contributed by atoms with Gasteiger partial charge in [-0.2, -0.15) is 0 Å². The van der Waals surface area contributed by atoms with Gasteiger partial charge < -0.3 is 14.2 Å². The normalized spacial score (nSPS) is 16.4. The minimum Gasteiger partial charge on any atom is -0.496 e. The fourth-order valence-corrected chi connectivity index (χ4v) is 2.07. The Bertz CT molecular complexity index is 477. The van der Waals surface area contributed by atoms with Crippen LogP contribution in [0.1, 0.15) is 32.8 Å². The molecule has 18 heavy (non-hydrogen) atoms. The Balaban J connectivity index is 2.45. The van der Waals surface area contributed by atoms with Crippen LogP contribution < -0.4 is 14.2 Å². The van der Waals surface area contributed by atoms with E-state index < -0.39 is 0 Å². The van der Waals surface area contributed by atoms with Crippen molar-refractivity contribution in [3.8, 4) is 17.2 Å². The van der Waals surface area contributed by atoms with Crippen molar-refractivity contribution < 1.29 is 19.0 Å². The molecule has 0 spiro atoms. The Morgan fingerprint density at radius 3 is 2.72 bits per heavy atom. The summed E-state index contributed by atoms with van der Waals surface area (Å²) in [6, 6.07) is 3.56. The van der Waals surface area contributed by atoms with Gasteiger partial charge in [-0.3, -0.25) is 4.79 Å². The molecule has 4 nitrogen and oxygen atoms in total. The van der Waals surface area contributed by atoms with Crippen LogP contribution in [0.2, 0.25) is 0 Å². The van der Waals surface area contributed by atoms with Gasteiger partial charge in [-0.1, -0.05) is 0 Å². The number of rotatable bonds is 2. The molecule has 0 fully saturated rings. The second kappa shape index (κ2) is 4.52. The zero-order chi connectivity index (χ0) is 13.3. The van der Waals surface area contributed by atoms with Crippen LogP contribution in [-0.4, -0.2) is 18.7 Å². The summed E-state index contributed by atoms with van der Waals surface area (Å²) in [6.45, 7) is 5.47. The monoisotopic (exact) mass is 250 g/mol. The molecule has 0 aliphatic carbocycles. The predicted molar refractivity (Wildman–Crippen MR) is 67.3 cm³/mol. The van der Waals surface area contributed by atoms with Crippen LogP contribution in [-0.2, 0) is 11.2 Å². The second-order valence-electron chi connectivity index (χ2n) is 5.06. The lowest BCUT2D eigenvalue weighted by atomic mass is 9.93. The number of hydrogen-bond acceptors (Lipinski definition) is 4. The molecular weight excluding hydrogens is 232 g/mol. The first-order valence-electron chi connectivity index (χ1n) is 5.99. The molecule has 1 aromatic carbocycles. The van der Waals surface area contributed by atoms with E-state index in [1.807, 2.05) is 19.9 Å². The van der Waals surface area contributed by atoms with Gasteiger partial charge >= 0.3 is 5.97 Å². The van der Waals surface area contributed by atoms with Gasteiger partial charge in [-0.15, -0.1) is 0 Å². The molecule has 0 N–H and O–H groups in total. The van der Waals surface area contributed by atoms with E-state index in [9.17, 15) is 4.79 Å². The van der Waals surface area contributed by atoms with Gasteiger partial charge in [0.15, 0.2) is 0 Å². The summed E-state index contributed by atoms with van der Waals surface area (Å²) in [4.78, 5) is 11.1. The summed E-state index contributed by atoms with van der Waals surface area (Å²) >= 11 is 0. The standard InChI is InChI=1S/C14H18O4/c1-9(15)17-12-7-10(16-4)8-13-11(12)5-6-14(2,3)18-13/h7-8H,5-6H2,1-4H3. The lowest BCUT2D eigenvalue weighted by Crippen LogP contribution is -2.32. The van der Waals surface area contributed by atoms with Crippen LogP contribution in [0.5, 0.6) is 17.2 Å². The summed E-state index contributed by atoms with van der Waals surface area (Å²) in [7, 11) is 1.58. The molecule has 2 rings (SSSR count). The highest BCUT2D eigenvalue weighted by molar-refractivity contribution is 5.71. The molecule has 0 amide bonds. The smallest absolute Gasteiger partial charge is 0.308 e. The van der Waals surface area contributed by atoms with Crippen molar-refractivity contribution in [3.05, 3.63) is 17.7 Å². The molecule has 0 saturated heterocycles. The highest BCUT2D eigenvalue weighted by Gasteiger charge is 2.29. The zero-order valence-corrected chi connectivity index (χ0v) is 11.2. The average Bonchev–Trinajstić information content (AvgIpc) is 2.25. The molecule has 1 aliphatic heterocycles. The molecule has 1 aromatic rings. The highest BCUT2D eigenvalue weighted by atomic mass is 16.5. The molecular formula is C14H18O4. The van der Waals surface area contributed by atoms with E-state index in [0.29, 0.717) is 11.5 Å². The van der Waals surface area contributed by atoms with Crippen LogP contribution >= 0.6 is 0 Å². The highest BCUT2D eigenvalue weighted by Crippen LogP contribution is 2.41. The Labute approximate surface area is 107 Å². The predicted octanol–water partition coefficient (Wildman–Crippen LogP) is 2.72. The molecule has 0 radical (unpaired) electrons. The minimum absolute atomic E-state index is 0.202. The van der Waals surface area contributed by atoms with Gasteiger partial charge in [0.1, 0.15) is 22.8 Å². The van der Waals surface area contributed by atoms with E-state index in [2.05, 4.69) is 0 Å². The van der Waals surface area contributed by atoms with Gasteiger partial charge in [0, 0.05) is 24.6 Å². The van der Waals surface area contributed by atoms with Crippen molar-refractivity contribution >= 4 is 5.97 Å². The van der Waals surface area contributed by atoms with Crippen molar-refractivity contribution in [2.24, 2.45) is 0 Å². The summed E-state index contributed by atoms with van der Waals surface area (Å²) in [5, 5.41) is 0. The number of carbonyl (C=O) groups excluding carboxylic acids is 1. The number of benzene rings is 1. The second-order valence-corrected chi connectivity index (χ2v) is 5.06. The Morgan fingerprint density at radius 2 is 2.11 bits per heavy atom. The van der Waals surface area contributed by atoms with E-state index in [1.165, 1.54) is 6.92 Å². The SMILES string of the molecule is COc1cc(OC(C)=O)c2c(c1)OC(C)(C)CC2. The lowest BCUT2D eigenvalue weighted by molar-refractivity contribution is -0.131. The molecule has 98 valence electrons. The quantitative estimate of drug-likeness (QED) is 0.598. The van der Waals surface area contributed by atoms with Crippen LogP contribution in [0.15, 0.2) is 12.1 Å². The largest absolute Gasteiger partial charge is 0.496 e. The fourth-order valence-electron chi connectivity index (χ4n) is 2.07. The van der Waals surface area contributed by atoms with Crippen molar-refractivity contribution in [1.82, 2.24) is 0 Å². The third kappa shape index (κ3) is 2.58. The van der Waals surface area contributed by atoms with Crippen LogP contribution in [0.3, 0.4) is 0 Å². The van der Waals surface area contributed by atoms with Crippen LogP contribution in [0.25, 0.3) is 0 Å². The maximum atomic E-state index is 11.1. The Morgan fingerprint density at radius 1 is 1.39 bits per heavy atom. The first-order chi connectivity index (χ1) is 8.41. The lowest BCUT2D eigenvalue weighted by Gasteiger charge is -2.33. The van der Waals surface area contributed by atoms with E-state index in [1.54, 1.807) is 13.2 Å². The van der Waals surface area contributed by atoms with E-state index in [-0.39, 0.29) is 11.6 Å². The molecule has 0 atom stereocenters. The minimum atomic E-state index is -0.338. The number of methoxy groups -OCH3 is 1. The average molecular weight is 250 g/mol. The van der Waals surface area contributed by atoms with Crippen molar-refractivity contribution in [2.75, 3.05) is 7.11 Å². The van der Waals surface area contributed by atoms with Gasteiger partial charge in [-0.25, -0.2) is 0 Å². The zero-order valence-electron chi connectivity index (χ0n) is 11.2. The van der Waals surface area contributed by atoms with E-state index in [0.717, 1.165) is 24.2 Å². The molecule has 0 aromatic heterocycles. The number of hydrogen-bond donors (Lipinski definition) is 0.